The molecule has 2 heteroatoms. The molecule has 0 amide bonds. The van der Waals surface area contributed by atoms with Gasteiger partial charge in [0.05, 0.1) is 6.61 Å². The lowest BCUT2D eigenvalue weighted by molar-refractivity contribution is 0.331. The summed E-state index contributed by atoms with van der Waals surface area (Å²) in [5.41, 5.74) is 0.906. The monoisotopic (exact) mass is 168 g/mol. The van der Waals surface area contributed by atoms with E-state index in [9.17, 15) is 0 Å². The molecule has 1 unspecified atom stereocenters. The van der Waals surface area contributed by atoms with Gasteiger partial charge in [0, 0.05) is 0 Å². The molecule has 2 radical (unpaired) electrons. The highest BCUT2D eigenvalue weighted by molar-refractivity contribution is 6.29. The van der Waals surface area contributed by atoms with Crippen LogP contribution >= 0.6 is 0 Å². The van der Waals surface area contributed by atoms with E-state index in [0.717, 1.165) is 0 Å². The largest absolute Gasteiger partial charge is 0.406 e. The lowest BCUT2D eigenvalue weighted by Crippen LogP contribution is -2.19. The first-order chi connectivity index (χ1) is 4.98. The summed E-state index contributed by atoms with van der Waals surface area (Å²) in [5.74, 6) is 2.46. The van der Waals surface area contributed by atoms with Gasteiger partial charge in [0.25, 0.3) is 0 Å². The smallest absolute Gasteiger partial charge is 0.234 e. The van der Waals surface area contributed by atoms with Crippen LogP contribution in [0.15, 0.2) is 0 Å². The summed E-state index contributed by atoms with van der Waals surface area (Å²) in [6.45, 7) is 9.27. The molecule has 1 nitrogen and oxygen atoms in total. The maximum atomic E-state index is 5.26. The van der Waals surface area contributed by atoms with Crippen LogP contribution in [0.5, 0.6) is 0 Å². The highest BCUT2D eigenvalue weighted by Crippen LogP contribution is 2.29. The normalized spacial score (nSPS) is 14.1. The Kier molecular flexibility index (Phi) is 4.47. The molecular weight excluding hydrogens is 152 g/mol. The number of hydrogen-bond acceptors (Lipinski definition) is 1. The first-order valence-electron chi connectivity index (χ1n) is 3.79. The molecule has 0 heterocycles. The van der Waals surface area contributed by atoms with Gasteiger partial charge in [0.15, 0.2) is 0 Å². The molecule has 0 saturated carbocycles. The fraction of sp³-hybridized carbons (Fsp3) is 0.778. The van der Waals surface area contributed by atoms with Crippen molar-refractivity contribution in [1.82, 2.24) is 0 Å². The van der Waals surface area contributed by atoms with Crippen molar-refractivity contribution >= 4 is 9.76 Å². The van der Waals surface area contributed by atoms with Crippen LogP contribution < -0.4 is 0 Å². The second-order valence-electron chi connectivity index (χ2n) is 3.70. The van der Waals surface area contributed by atoms with E-state index in [1.165, 1.54) is 0 Å². The zero-order valence-electron chi connectivity index (χ0n) is 7.77. The van der Waals surface area contributed by atoms with Crippen molar-refractivity contribution in [2.75, 3.05) is 6.61 Å². The van der Waals surface area contributed by atoms with E-state index in [0.29, 0.717) is 27.3 Å². The minimum atomic E-state index is 0.326. The standard InChI is InChI=1S/C9H16OSi/c1-6-7-10-11-8(2)9(3,4)5/h1,8H,7H2,2-5H3. The lowest BCUT2D eigenvalue weighted by atomic mass is 9.93. The van der Waals surface area contributed by atoms with Gasteiger partial charge in [-0.3, -0.25) is 0 Å². The maximum absolute atomic E-state index is 5.26. The van der Waals surface area contributed by atoms with E-state index in [1.807, 2.05) is 0 Å². The molecule has 0 fully saturated rings. The Balaban J connectivity index is 3.55. The van der Waals surface area contributed by atoms with Crippen molar-refractivity contribution < 1.29 is 4.43 Å². The van der Waals surface area contributed by atoms with E-state index >= 15 is 0 Å². The highest BCUT2D eigenvalue weighted by atomic mass is 28.2. The first kappa shape index (κ1) is 10.7. The van der Waals surface area contributed by atoms with Gasteiger partial charge in [0.1, 0.15) is 0 Å². The summed E-state index contributed by atoms with van der Waals surface area (Å²) >= 11 is 0. The molecule has 0 aromatic heterocycles. The van der Waals surface area contributed by atoms with Crippen molar-refractivity contribution in [2.24, 2.45) is 5.41 Å². The van der Waals surface area contributed by atoms with Crippen LogP contribution in [0.3, 0.4) is 0 Å². The van der Waals surface area contributed by atoms with Crippen molar-refractivity contribution in [3.05, 3.63) is 0 Å². The Bertz CT molecular complexity index is 141. The maximum Gasteiger partial charge on any atom is 0.234 e. The molecule has 0 aromatic rings. The minimum Gasteiger partial charge on any atom is -0.406 e. The summed E-state index contributed by atoms with van der Waals surface area (Å²) in [6, 6.07) is 0. The van der Waals surface area contributed by atoms with Gasteiger partial charge in [-0.2, -0.15) is 0 Å². The van der Waals surface area contributed by atoms with Crippen molar-refractivity contribution in [3.8, 4) is 12.3 Å². The van der Waals surface area contributed by atoms with E-state index < -0.39 is 0 Å². The summed E-state index contributed by atoms with van der Waals surface area (Å²) in [4.78, 5) is 0. The van der Waals surface area contributed by atoms with Gasteiger partial charge in [-0.25, -0.2) is 0 Å². The lowest BCUT2D eigenvalue weighted by Gasteiger charge is -2.25. The Hall–Kier alpha value is -0.263. The average molecular weight is 168 g/mol. The number of hydrogen-bond donors (Lipinski definition) is 0. The van der Waals surface area contributed by atoms with Crippen LogP contribution in [0.4, 0.5) is 0 Å². The summed E-state index contributed by atoms with van der Waals surface area (Å²) < 4.78 is 5.26. The first-order valence-corrected chi connectivity index (χ1v) is 4.78. The molecule has 11 heavy (non-hydrogen) atoms. The predicted molar refractivity (Wildman–Crippen MR) is 49.4 cm³/mol. The molecule has 0 saturated heterocycles. The van der Waals surface area contributed by atoms with E-state index in [4.69, 9.17) is 10.8 Å². The summed E-state index contributed by atoms with van der Waals surface area (Å²) in [6.07, 6.45) is 5.05. The molecule has 62 valence electrons. The molecule has 0 spiro atoms. The fourth-order valence-corrected chi connectivity index (χ4v) is 1.16. The van der Waals surface area contributed by atoms with Crippen LogP contribution in [-0.2, 0) is 4.43 Å². The highest BCUT2D eigenvalue weighted by Gasteiger charge is 2.21. The van der Waals surface area contributed by atoms with Crippen LogP contribution in [-0.4, -0.2) is 16.4 Å². The van der Waals surface area contributed by atoms with E-state index in [-0.39, 0.29) is 0 Å². The number of rotatable bonds is 3. The Labute approximate surface area is 72.5 Å². The zero-order valence-corrected chi connectivity index (χ0v) is 8.77. The fourth-order valence-electron chi connectivity index (χ4n) is 0.385. The van der Waals surface area contributed by atoms with Crippen LogP contribution in [0.25, 0.3) is 0 Å². The second kappa shape index (κ2) is 4.58. The molecule has 0 N–H and O–H groups in total. The number of terminal acetylenes is 1. The molecule has 0 rings (SSSR count). The Morgan fingerprint density at radius 1 is 1.55 bits per heavy atom. The van der Waals surface area contributed by atoms with Gasteiger partial charge in [-0.1, -0.05) is 33.6 Å². The second-order valence-corrected chi connectivity index (χ2v) is 5.09. The average Bonchev–Trinajstić information content (AvgIpc) is 1.86. The van der Waals surface area contributed by atoms with E-state index in [1.54, 1.807) is 0 Å². The molecule has 0 aromatic carbocycles. The van der Waals surface area contributed by atoms with Gasteiger partial charge < -0.3 is 4.43 Å². The van der Waals surface area contributed by atoms with Crippen molar-refractivity contribution in [3.63, 3.8) is 0 Å². The van der Waals surface area contributed by atoms with Crippen molar-refractivity contribution in [2.45, 2.75) is 33.2 Å². The van der Waals surface area contributed by atoms with Crippen molar-refractivity contribution in [1.29, 1.82) is 0 Å². The minimum absolute atomic E-state index is 0.326. The zero-order chi connectivity index (χ0) is 8.91. The van der Waals surface area contributed by atoms with E-state index in [2.05, 4.69) is 33.6 Å². The van der Waals surface area contributed by atoms with Gasteiger partial charge in [0.2, 0.25) is 9.76 Å². The third-order valence-electron chi connectivity index (χ3n) is 1.71. The molecule has 0 aliphatic carbocycles. The Morgan fingerprint density at radius 2 is 2.09 bits per heavy atom. The third-order valence-corrected chi connectivity index (χ3v) is 3.25. The third kappa shape index (κ3) is 5.06. The quantitative estimate of drug-likeness (QED) is 0.356. The molecule has 0 aliphatic rings. The van der Waals surface area contributed by atoms with Crippen LogP contribution in [0, 0.1) is 17.8 Å². The van der Waals surface area contributed by atoms with Crippen LogP contribution in [0.1, 0.15) is 27.7 Å². The SMILES string of the molecule is C#CCO[Si]C(C)C(C)(C)C. The Morgan fingerprint density at radius 3 is 2.45 bits per heavy atom. The van der Waals surface area contributed by atoms with Crippen LogP contribution in [0.2, 0.25) is 5.54 Å². The summed E-state index contributed by atoms with van der Waals surface area (Å²) in [7, 11) is 0.522. The molecule has 0 bridgehead atoms. The molecule has 0 aliphatic heterocycles. The van der Waals surface area contributed by atoms with Gasteiger partial charge >= 0.3 is 0 Å². The summed E-state index contributed by atoms with van der Waals surface area (Å²) in [5, 5.41) is 0. The van der Waals surface area contributed by atoms with Gasteiger partial charge in [-0.15, -0.1) is 6.42 Å². The molecular formula is C9H16OSi. The topological polar surface area (TPSA) is 9.23 Å². The van der Waals surface area contributed by atoms with Gasteiger partial charge in [-0.05, 0) is 11.0 Å². The predicted octanol–water partition coefficient (Wildman–Crippen LogP) is 2.11. The molecule has 1 atom stereocenters.